The molecule has 0 bridgehead atoms. The Morgan fingerprint density at radius 1 is 1.38 bits per heavy atom. The summed E-state index contributed by atoms with van der Waals surface area (Å²) in [6, 6.07) is 1.42. The van der Waals surface area contributed by atoms with E-state index in [4.69, 9.17) is 0 Å². The van der Waals surface area contributed by atoms with Crippen molar-refractivity contribution in [3.05, 3.63) is 0 Å². The number of rotatable bonds is 7. The van der Waals surface area contributed by atoms with Crippen molar-refractivity contribution in [3.8, 4) is 0 Å². The Hall–Kier alpha value is -0.120. The van der Waals surface area contributed by atoms with E-state index >= 15 is 0 Å². The molecule has 0 saturated carbocycles. The van der Waals surface area contributed by atoms with Crippen molar-refractivity contribution in [2.24, 2.45) is 0 Å². The summed E-state index contributed by atoms with van der Waals surface area (Å²) in [5, 5.41) is 3.37. The molecule has 3 heteroatoms. The Bertz CT molecular complexity index is 182. The molecule has 0 aromatic heterocycles. The van der Waals surface area contributed by atoms with Gasteiger partial charge in [0.15, 0.2) is 0 Å². The van der Waals surface area contributed by atoms with Gasteiger partial charge in [0.2, 0.25) is 0 Å². The van der Waals surface area contributed by atoms with Crippen molar-refractivity contribution in [2.75, 3.05) is 40.3 Å². The number of hydrogen-bond donors (Lipinski definition) is 1. The van der Waals surface area contributed by atoms with E-state index in [9.17, 15) is 0 Å². The smallest absolute Gasteiger partial charge is 0.0204 e. The van der Waals surface area contributed by atoms with Crippen molar-refractivity contribution in [3.63, 3.8) is 0 Å². The van der Waals surface area contributed by atoms with Gasteiger partial charge >= 0.3 is 0 Å². The van der Waals surface area contributed by atoms with E-state index in [1.165, 1.54) is 45.4 Å². The zero-order valence-electron chi connectivity index (χ0n) is 11.5. The first-order valence-electron chi connectivity index (χ1n) is 6.73. The van der Waals surface area contributed by atoms with E-state index in [1.807, 2.05) is 0 Å². The molecule has 1 saturated heterocycles. The van der Waals surface area contributed by atoms with Crippen LogP contribution in [0.4, 0.5) is 0 Å². The molecule has 1 atom stereocenters. The fourth-order valence-corrected chi connectivity index (χ4v) is 2.23. The normalized spacial score (nSPS) is 22.5. The summed E-state index contributed by atoms with van der Waals surface area (Å²) in [4.78, 5) is 5.02. The van der Waals surface area contributed by atoms with Gasteiger partial charge in [0.25, 0.3) is 0 Å². The minimum absolute atomic E-state index is 0.681. The van der Waals surface area contributed by atoms with Crippen LogP contribution in [0.1, 0.15) is 33.1 Å². The van der Waals surface area contributed by atoms with Crippen molar-refractivity contribution in [2.45, 2.75) is 45.2 Å². The summed E-state index contributed by atoms with van der Waals surface area (Å²) in [5.74, 6) is 0. The maximum absolute atomic E-state index is 3.37. The van der Waals surface area contributed by atoms with Crippen LogP contribution in [0, 0.1) is 0 Å². The molecule has 1 heterocycles. The Balaban J connectivity index is 2.00. The zero-order valence-corrected chi connectivity index (χ0v) is 11.5. The van der Waals surface area contributed by atoms with Crippen molar-refractivity contribution in [1.29, 1.82) is 0 Å². The predicted octanol–water partition coefficient (Wildman–Crippen LogP) is 1.40. The number of nitrogens with one attached hydrogen (secondary N) is 1. The zero-order chi connectivity index (χ0) is 12.0. The van der Waals surface area contributed by atoms with Gasteiger partial charge in [-0.25, -0.2) is 0 Å². The number of unbranched alkanes of at least 4 members (excludes halogenated alkanes) is 1. The molecule has 1 rings (SSSR count). The second-order valence-corrected chi connectivity index (χ2v) is 5.36. The van der Waals surface area contributed by atoms with E-state index in [0.717, 1.165) is 6.04 Å². The average Bonchev–Trinajstić information content (AvgIpc) is 2.71. The van der Waals surface area contributed by atoms with Gasteiger partial charge in [-0.1, -0.05) is 0 Å². The average molecular weight is 227 g/mol. The number of likely N-dealkylation sites (tertiary alicyclic amines) is 1. The molecule has 1 aliphatic heterocycles. The van der Waals surface area contributed by atoms with Crippen LogP contribution < -0.4 is 5.32 Å². The molecule has 0 aliphatic carbocycles. The van der Waals surface area contributed by atoms with Gasteiger partial charge in [-0.2, -0.15) is 0 Å². The molecular formula is C13H29N3. The first-order chi connectivity index (χ1) is 7.63. The highest BCUT2D eigenvalue weighted by molar-refractivity contribution is 4.79. The first kappa shape index (κ1) is 13.9. The summed E-state index contributed by atoms with van der Waals surface area (Å²) in [7, 11) is 4.29. The molecule has 1 fully saturated rings. The van der Waals surface area contributed by atoms with Crippen LogP contribution in [0.25, 0.3) is 0 Å². The number of likely N-dealkylation sites (N-methyl/N-ethyl adjacent to an activating group) is 1. The molecule has 0 spiro atoms. The van der Waals surface area contributed by atoms with Gasteiger partial charge in [-0.15, -0.1) is 0 Å². The third kappa shape index (κ3) is 4.81. The van der Waals surface area contributed by atoms with Crippen molar-refractivity contribution < 1.29 is 0 Å². The minimum atomic E-state index is 0.681. The fourth-order valence-electron chi connectivity index (χ4n) is 2.23. The lowest BCUT2D eigenvalue weighted by atomic mass is 10.2. The first-order valence-corrected chi connectivity index (χ1v) is 6.73. The second kappa shape index (κ2) is 7.25. The Kier molecular flexibility index (Phi) is 6.32. The third-order valence-corrected chi connectivity index (χ3v) is 3.80. The van der Waals surface area contributed by atoms with Crippen molar-refractivity contribution >= 4 is 0 Å². The summed E-state index contributed by atoms with van der Waals surface area (Å²) in [6.07, 6.45) is 3.99. The fraction of sp³-hybridized carbons (Fsp3) is 1.00. The topological polar surface area (TPSA) is 18.5 Å². The third-order valence-electron chi connectivity index (χ3n) is 3.80. The highest BCUT2D eigenvalue weighted by Gasteiger charge is 2.19. The minimum Gasteiger partial charge on any atom is -0.316 e. The Morgan fingerprint density at radius 3 is 2.69 bits per heavy atom. The van der Waals surface area contributed by atoms with Crippen LogP contribution in [0.2, 0.25) is 0 Å². The summed E-state index contributed by atoms with van der Waals surface area (Å²) in [6.45, 7) is 9.57. The Morgan fingerprint density at radius 2 is 2.12 bits per heavy atom. The molecule has 96 valence electrons. The summed E-state index contributed by atoms with van der Waals surface area (Å²) >= 11 is 0. The lowest BCUT2D eigenvalue weighted by Gasteiger charge is -2.21. The van der Waals surface area contributed by atoms with Gasteiger partial charge in [0.05, 0.1) is 0 Å². The standard InChI is InChI=1S/C13H29N3/c1-12(2)15(4)8-5-6-9-16-10-7-13(11-16)14-3/h12-14H,5-11H2,1-4H3. The molecule has 1 aliphatic rings. The highest BCUT2D eigenvalue weighted by Crippen LogP contribution is 2.09. The van der Waals surface area contributed by atoms with E-state index in [1.54, 1.807) is 0 Å². The SMILES string of the molecule is CNC1CCN(CCCCN(C)C(C)C)C1. The van der Waals surface area contributed by atoms with Crippen LogP contribution >= 0.6 is 0 Å². The summed E-state index contributed by atoms with van der Waals surface area (Å²) < 4.78 is 0. The summed E-state index contributed by atoms with van der Waals surface area (Å²) in [5.41, 5.74) is 0. The molecule has 1 unspecified atom stereocenters. The van der Waals surface area contributed by atoms with Gasteiger partial charge in [0, 0.05) is 18.6 Å². The van der Waals surface area contributed by atoms with Gasteiger partial charge < -0.3 is 15.1 Å². The Labute approximate surface area is 101 Å². The maximum Gasteiger partial charge on any atom is 0.0204 e. The molecule has 1 N–H and O–H groups in total. The van der Waals surface area contributed by atoms with Crippen molar-refractivity contribution in [1.82, 2.24) is 15.1 Å². The monoisotopic (exact) mass is 227 g/mol. The maximum atomic E-state index is 3.37. The molecular weight excluding hydrogens is 198 g/mol. The van der Waals surface area contributed by atoms with Gasteiger partial charge in [-0.05, 0) is 66.8 Å². The predicted molar refractivity (Wildman–Crippen MR) is 70.9 cm³/mol. The lowest BCUT2D eigenvalue weighted by molar-refractivity contribution is 0.255. The van der Waals surface area contributed by atoms with Gasteiger partial charge in [-0.3, -0.25) is 0 Å². The van der Waals surface area contributed by atoms with Crippen LogP contribution in [-0.2, 0) is 0 Å². The van der Waals surface area contributed by atoms with E-state index in [2.05, 4.69) is 43.1 Å². The number of hydrogen-bond acceptors (Lipinski definition) is 3. The van der Waals surface area contributed by atoms with Crippen LogP contribution in [0.3, 0.4) is 0 Å². The molecule has 16 heavy (non-hydrogen) atoms. The molecule has 0 aromatic rings. The number of nitrogens with zero attached hydrogens (tertiary/aromatic N) is 2. The van der Waals surface area contributed by atoms with Gasteiger partial charge in [0.1, 0.15) is 0 Å². The van der Waals surface area contributed by atoms with Crippen LogP contribution in [0.15, 0.2) is 0 Å². The highest BCUT2D eigenvalue weighted by atomic mass is 15.2. The van der Waals surface area contributed by atoms with Crippen LogP contribution in [-0.4, -0.2) is 62.2 Å². The molecule has 0 amide bonds. The molecule has 0 radical (unpaired) electrons. The molecule has 3 nitrogen and oxygen atoms in total. The lowest BCUT2D eigenvalue weighted by Crippen LogP contribution is -2.31. The largest absolute Gasteiger partial charge is 0.316 e. The van der Waals surface area contributed by atoms with E-state index < -0.39 is 0 Å². The van der Waals surface area contributed by atoms with E-state index in [0.29, 0.717) is 6.04 Å². The molecule has 0 aromatic carbocycles. The quantitative estimate of drug-likeness (QED) is 0.663. The second-order valence-electron chi connectivity index (χ2n) is 5.36. The van der Waals surface area contributed by atoms with Crippen LogP contribution in [0.5, 0.6) is 0 Å². The van der Waals surface area contributed by atoms with E-state index in [-0.39, 0.29) is 0 Å².